The fraction of sp³-hybridized carbons (Fsp3) is 0.455. The van der Waals surface area contributed by atoms with Crippen LogP contribution >= 0.6 is 0 Å². The van der Waals surface area contributed by atoms with Gasteiger partial charge in [-0.1, -0.05) is 5.21 Å². The quantitative estimate of drug-likeness (QED) is 0.784. The highest BCUT2D eigenvalue weighted by atomic mass is 16.4. The maximum absolute atomic E-state index is 12.2. The van der Waals surface area contributed by atoms with Crippen LogP contribution in [0.15, 0.2) is 18.9 Å². The second kappa shape index (κ2) is 4.96. The van der Waals surface area contributed by atoms with Crippen molar-refractivity contribution in [2.75, 3.05) is 13.1 Å². The standard InChI is InChI=1S/C11H13N7O3/c1-7(18-6-12-5-13-18)10(19)16-2-8(3-16)17-4-9(11(20)21)14-15-17/h4-8H,2-3H2,1H3,(H,20,21). The zero-order valence-electron chi connectivity index (χ0n) is 11.2. The summed E-state index contributed by atoms with van der Waals surface area (Å²) in [6, 6.07) is -0.462. The lowest BCUT2D eigenvalue weighted by Crippen LogP contribution is -2.52. The van der Waals surface area contributed by atoms with Crippen LogP contribution < -0.4 is 0 Å². The normalized spacial score (nSPS) is 16.5. The number of hydrogen-bond donors (Lipinski definition) is 1. The number of hydrogen-bond acceptors (Lipinski definition) is 6. The Labute approximate surface area is 119 Å². The molecule has 1 aliphatic rings. The van der Waals surface area contributed by atoms with Gasteiger partial charge in [-0.05, 0) is 6.92 Å². The average Bonchev–Trinajstić information content (AvgIpc) is 3.07. The van der Waals surface area contributed by atoms with E-state index >= 15 is 0 Å². The lowest BCUT2D eigenvalue weighted by molar-refractivity contribution is -0.140. The summed E-state index contributed by atoms with van der Waals surface area (Å²) in [7, 11) is 0. The molecule has 1 N–H and O–H groups in total. The van der Waals surface area contributed by atoms with Gasteiger partial charge in [0.15, 0.2) is 5.69 Å². The number of carboxylic acid groups (broad SMARTS) is 1. The molecule has 2 aromatic heterocycles. The lowest BCUT2D eigenvalue weighted by atomic mass is 10.1. The van der Waals surface area contributed by atoms with Crippen molar-refractivity contribution >= 4 is 11.9 Å². The van der Waals surface area contributed by atoms with Gasteiger partial charge in [-0.2, -0.15) is 5.10 Å². The number of carbonyl (C=O) groups excluding carboxylic acids is 1. The molecule has 1 fully saturated rings. The van der Waals surface area contributed by atoms with Crippen LogP contribution in [0.4, 0.5) is 0 Å². The summed E-state index contributed by atoms with van der Waals surface area (Å²) in [5.74, 6) is -1.18. The molecule has 1 saturated heterocycles. The first kappa shape index (κ1) is 13.2. The van der Waals surface area contributed by atoms with E-state index in [1.807, 2.05) is 0 Å². The Morgan fingerprint density at radius 1 is 1.43 bits per heavy atom. The third-order valence-electron chi connectivity index (χ3n) is 3.47. The van der Waals surface area contributed by atoms with Gasteiger partial charge in [-0.25, -0.2) is 19.1 Å². The second-order valence-corrected chi connectivity index (χ2v) is 4.84. The molecule has 0 bridgehead atoms. The zero-order valence-corrected chi connectivity index (χ0v) is 11.2. The Hall–Kier alpha value is -2.78. The number of likely N-dealkylation sites (tertiary alicyclic amines) is 1. The maximum Gasteiger partial charge on any atom is 0.358 e. The number of nitrogens with zero attached hydrogens (tertiary/aromatic N) is 7. The van der Waals surface area contributed by atoms with Crippen molar-refractivity contribution in [2.24, 2.45) is 0 Å². The van der Waals surface area contributed by atoms with E-state index < -0.39 is 12.0 Å². The molecular weight excluding hydrogens is 278 g/mol. The van der Waals surface area contributed by atoms with E-state index in [2.05, 4.69) is 20.4 Å². The largest absolute Gasteiger partial charge is 0.476 e. The third kappa shape index (κ3) is 2.35. The van der Waals surface area contributed by atoms with Crippen molar-refractivity contribution in [3.05, 3.63) is 24.5 Å². The fourth-order valence-corrected chi connectivity index (χ4v) is 2.15. The van der Waals surface area contributed by atoms with Crippen molar-refractivity contribution in [1.29, 1.82) is 0 Å². The second-order valence-electron chi connectivity index (χ2n) is 4.84. The van der Waals surface area contributed by atoms with Gasteiger partial charge < -0.3 is 10.0 Å². The monoisotopic (exact) mass is 291 g/mol. The summed E-state index contributed by atoms with van der Waals surface area (Å²) in [6.45, 7) is 2.70. The molecule has 1 aliphatic heterocycles. The van der Waals surface area contributed by atoms with Crippen molar-refractivity contribution in [2.45, 2.75) is 19.0 Å². The molecule has 10 nitrogen and oxygen atoms in total. The minimum atomic E-state index is -1.12. The first-order valence-electron chi connectivity index (χ1n) is 6.34. The Kier molecular flexibility index (Phi) is 3.12. The molecule has 1 unspecified atom stereocenters. The van der Waals surface area contributed by atoms with Crippen molar-refractivity contribution < 1.29 is 14.7 Å². The van der Waals surface area contributed by atoms with Crippen LogP contribution in [0.1, 0.15) is 29.5 Å². The first-order valence-corrected chi connectivity index (χ1v) is 6.34. The third-order valence-corrected chi connectivity index (χ3v) is 3.47. The molecule has 10 heteroatoms. The molecule has 0 spiro atoms. The van der Waals surface area contributed by atoms with Crippen LogP contribution in [-0.4, -0.2) is 64.7 Å². The Morgan fingerprint density at radius 2 is 2.19 bits per heavy atom. The summed E-state index contributed by atoms with van der Waals surface area (Å²) >= 11 is 0. The van der Waals surface area contributed by atoms with Gasteiger partial charge in [0.2, 0.25) is 5.91 Å². The van der Waals surface area contributed by atoms with Crippen LogP contribution in [0.25, 0.3) is 0 Å². The molecule has 21 heavy (non-hydrogen) atoms. The molecule has 0 aromatic carbocycles. The molecule has 0 radical (unpaired) electrons. The van der Waals surface area contributed by atoms with Gasteiger partial charge >= 0.3 is 5.97 Å². The predicted octanol–water partition coefficient (Wildman–Crippen LogP) is -0.788. The molecule has 3 heterocycles. The van der Waals surface area contributed by atoms with Gasteiger partial charge in [0.25, 0.3) is 0 Å². The topological polar surface area (TPSA) is 119 Å². The first-order chi connectivity index (χ1) is 10.1. The molecule has 0 aliphatic carbocycles. The van der Waals surface area contributed by atoms with E-state index in [-0.39, 0.29) is 17.6 Å². The van der Waals surface area contributed by atoms with E-state index in [9.17, 15) is 9.59 Å². The molecule has 2 aromatic rings. The van der Waals surface area contributed by atoms with Gasteiger partial charge in [0.05, 0.1) is 12.2 Å². The number of carbonyl (C=O) groups is 2. The predicted molar refractivity (Wildman–Crippen MR) is 67.3 cm³/mol. The molecule has 1 amide bonds. The molecule has 110 valence electrons. The van der Waals surface area contributed by atoms with Crippen molar-refractivity contribution in [1.82, 2.24) is 34.7 Å². The van der Waals surface area contributed by atoms with E-state index in [0.29, 0.717) is 13.1 Å². The van der Waals surface area contributed by atoms with Crippen LogP contribution in [0, 0.1) is 0 Å². The molecular formula is C11H13N7O3. The highest BCUT2D eigenvalue weighted by Gasteiger charge is 2.35. The number of aromatic nitrogens is 6. The van der Waals surface area contributed by atoms with E-state index in [1.54, 1.807) is 11.8 Å². The minimum Gasteiger partial charge on any atom is -0.476 e. The zero-order chi connectivity index (χ0) is 15.0. The molecule has 0 saturated carbocycles. The summed E-state index contributed by atoms with van der Waals surface area (Å²) in [5, 5.41) is 20.1. The minimum absolute atomic E-state index is 0.0440. The van der Waals surface area contributed by atoms with Crippen molar-refractivity contribution in [3.63, 3.8) is 0 Å². The van der Waals surface area contributed by atoms with Crippen LogP contribution in [0.3, 0.4) is 0 Å². The smallest absolute Gasteiger partial charge is 0.358 e. The summed E-state index contributed by atoms with van der Waals surface area (Å²) in [6.07, 6.45) is 4.25. The van der Waals surface area contributed by atoms with Crippen LogP contribution in [0.2, 0.25) is 0 Å². The van der Waals surface area contributed by atoms with Crippen LogP contribution in [-0.2, 0) is 4.79 Å². The molecule has 1 atom stereocenters. The lowest BCUT2D eigenvalue weighted by Gasteiger charge is -2.40. The van der Waals surface area contributed by atoms with E-state index in [4.69, 9.17) is 5.11 Å². The highest BCUT2D eigenvalue weighted by Crippen LogP contribution is 2.23. The maximum atomic E-state index is 12.2. The number of carboxylic acids is 1. The van der Waals surface area contributed by atoms with Gasteiger partial charge in [0.1, 0.15) is 18.7 Å². The van der Waals surface area contributed by atoms with Crippen LogP contribution in [0.5, 0.6) is 0 Å². The van der Waals surface area contributed by atoms with Crippen molar-refractivity contribution in [3.8, 4) is 0 Å². The Balaban J connectivity index is 1.60. The number of rotatable bonds is 4. The summed E-state index contributed by atoms with van der Waals surface area (Å²) < 4.78 is 2.97. The fourth-order valence-electron chi connectivity index (χ4n) is 2.15. The molecule has 3 rings (SSSR count). The Bertz CT molecular complexity index is 659. The highest BCUT2D eigenvalue weighted by molar-refractivity contribution is 5.84. The summed E-state index contributed by atoms with van der Waals surface area (Å²) in [5.41, 5.74) is -0.101. The SMILES string of the molecule is CC(C(=O)N1CC(n2cc(C(=O)O)nn2)C1)n1cncn1. The van der Waals surface area contributed by atoms with E-state index in [0.717, 1.165) is 0 Å². The average molecular weight is 291 g/mol. The summed E-state index contributed by atoms with van der Waals surface area (Å²) in [4.78, 5) is 28.4. The van der Waals surface area contributed by atoms with Gasteiger partial charge in [-0.15, -0.1) is 5.10 Å². The van der Waals surface area contributed by atoms with E-state index in [1.165, 1.54) is 28.2 Å². The van der Waals surface area contributed by atoms with Gasteiger partial charge in [-0.3, -0.25) is 4.79 Å². The number of amides is 1. The van der Waals surface area contributed by atoms with Gasteiger partial charge in [0, 0.05) is 13.1 Å². The number of aromatic carboxylic acids is 1. The Morgan fingerprint density at radius 3 is 2.76 bits per heavy atom.